The van der Waals surface area contributed by atoms with Gasteiger partial charge in [-0.1, -0.05) is 46.5 Å². The fourth-order valence-electron chi connectivity index (χ4n) is 13.8. The number of H-pyrrole nitrogens is 2. The Morgan fingerprint density at radius 1 is 0.616 bits per heavy atom. The molecule has 2 unspecified atom stereocenters. The number of amidine groups is 1. The molecular weight excluding hydrogens is 1290 g/mol. The molecule has 11 rings (SSSR count). The van der Waals surface area contributed by atoms with E-state index in [9.17, 15) is 14.9 Å². The number of rotatable bonds is 11. The van der Waals surface area contributed by atoms with Gasteiger partial charge in [0.05, 0.1) is 22.2 Å². The summed E-state index contributed by atoms with van der Waals surface area (Å²) in [6.07, 6.45) is 16.9. The Morgan fingerprint density at radius 2 is 1.05 bits per heavy atom. The summed E-state index contributed by atoms with van der Waals surface area (Å²) >= 11 is 4.24. The van der Waals surface area contributed by atoms with Crippen LogP contribution in [0.15, 0.2) is 107 Å². The zero-order valence-electron chi connectivity index (χ0n) is 51.7. The van der Waals surface area contributed by atoms with Gasteiger partial charge >= 0.3 is 0 Å². The third-order valence-electron chi connectivity index (χ3n) is 18.2. The van der Waals surface area contributed by atoms with Crippen molar-refractivity contribution in [2.75, 3.05) is 58.9 Å². The topological polar surface area (TPSA) is 176 Å². The molecule has 86 heavy (non-hydrogen) atoms. The number of hydrogen-bond donors (Lipinski definition) is 3. The molecule has 4 saturated heterocycles. The normalized spacial score (nSPS) is 17.6. The van der Waals surface area contributed by atoms with Crippen LogP contribution in [0.1, 0.15) is 148 Å². The van der Waals surface area contributed by atoms with Crippen LogP contribution in [0.2, 0.25) is 0 Å². The number of nitrogens with one attached hydrogen (secondary N) is 3. The Balaban J connectivity index is 0.000000203. The fourth-order valence-corrected chi connectivity index (χ4v) is 13.8. The number of likely N-dealkylation sites (tertiary alicyclic amines) is 4. The van der Waals surface area contributed by atoms with E-state index in [1.807, 2.05) is 35.0 Å². The van der Waals surface area contributed by atoms with Gasteiger partial charge in [-0.05, 0) is 220 Å². The van der Waals surface area contributed by atoms with Crippen molar-refractivity contribution in [3.63, 3.8) is 0 Å². The summed E-state index contributed by atoms with van der Waals surface area (Å²) in [5, 5.41) is 24.0. The van der Waals surface area contributed by atoms with E-state index in [0.29, 0.717) is 12.5 Å². The molecule has 0 spiro atoms. The number of guanidine groups is 1. The monoisotopic (exact) mass is 1380 g/mol. The first-order valence-electron chi connectivity index (χ1n) is 30.7. The first-order valence-corrected chi connectivity index (χ1v) is 37.0. The Hall–Kier alpha value is -6.77. The van der Waals surface area contributed by atoms with E-state index in [-0.39, 0.29) is 23.7 Å². The van der Waals surface area contributed by atoms with Gasteiger partial charge in [0.2, 0.25) is 24.0 Å². The molecule has 14 nitrogen and oxygen atoms in total. The Bertz CT molecular complexity index is 3660. The minimum atomic E-state index is -0.628. The number of nitrogens with zero attached hydrogens (tertiary/aromatic N) is 9. The minimum Gasteiger partial charge on any atom is -0.359 e. The van der Waals surface area contributed by atoms with Gasteiger partial charge in [0.15, 0.2) is 6.19 Å². The number of halogens is 2. The lowest BCUT2D eigenvalue weighted by Crippen LogP contribution is -2.45. The lowest BCUT2D eigenvalue weighted by atomic mass is 9.81. The molecule has 7 aromatic rings. The predicted molar refractivity (Wildman–Crippen MR) is 367 cm³/mol. The van der Waals surface area contributed by atoms with Crippen LogP contribution >= 0.6 is 37.2 Å². The maximum atomic E-state index is 13.7. The van der Waals surface area contributed by atoms with Crippen molar-refractivity contribution in [3.8, 4) is 34.9 Å². The molecule has 4 aliphatic heterocycles. The lowest BCUT2D eigenvalue weighted by molar-refractivity contribution is -0.135. The van der Waals surface area contributed by atoms with E-state index >= 15 is 0 Å². The van der Waals surface area contributed by atoms with Crippen molar-refractivity contribution < 1.29 is 9.59 Å². The van der Waals surface area contributed by atoms with Gasteiger partial charge in [-0.3, -0.25) is 24.9 Å². The number of piperidine rings is 2. The smallest absolute Gasteiger partial charge is 0.232 e. The average molecular weight is 1380 g/mol. The molecular formula is C70H84I2N12O2. The molecule has 4 fully saturated rings. The molecule has 7 heterocycles. The van der Waals surface area contributed by atoms with Gasteiger partial charge in [-0.2, -0.15) is 15.5 Å². The van der Waals surface area contributed by atoms with Gasteiger partial charge in [0.1, 0.15) is 5.84 Å². The van der Waals surface area contributed by atoms with Crippen LogP contribution in [0.5, 0.6) is 0 Å². The number of aryl methyl sites for hydroxylation is 4. The molecule has 2 amide bonds. The van der Waals surface area contributed by atoms with Crippen molar-refractivity contribution >= 4 is 82.6 Å². The second-order valence-corrected chi connectivity index (χ2v) is 25.2. The number of hydrogen-bond acceptors (Lipinski definition) is 7. The van der Waals surface area contributed by atoms with Gasteiger partial charge in [-0.25, -0.2) is 0 Å². The highest BCUT2D eigenvalue weighted by Gasteiger charge is 2.38. The van der Waals surface area contributed by atoms with Crippen molar-refractivity contribution in [2.45, 2.75) is 143 Å². The highest BCUT2D eigenvalue weighted by molar-refractivity contribution is 15.0. The van der Waals surface area contributed by atoms with E-state index in [2.05, 4.69) is 207 Å². The molecule has 0 aliphatic carbocycles. The van der Waals surface area contributed by atoms with Crippen LogP contribution in [-0.2, 0) is 26.8 Å². The Labute approximate surface area is 532 Å². The van der Waals surface area contributed by atoms with Crippen LogP contribution in [0, 0.1) is 50.6 Å². The summed E-state index contributed by atoms with van der Waals surface area (Å²) in [5.41, 5.74) is 16.4. The van der Waals surface area contributed by atoms with E-state index in [1.165, 1.54) is 60.8 Å². The van der Waals surface area contributed by atoms with Crippen LogP contribution in [0.25, 0.3) is 44.3 Å². The van der Waals surface area contributed by atoms with Crippen LogP contribution < -0.4 is 5.32 Å². The Kier molecular flexibility index (Phi) is 21.0. The number of amides is 2. The number of carbonyl (C=O) groups is 2. The number of nitriles is 2. The van der Waals surface area contributed by atoms with Crippen molar-refractivity contribution in [3.05, 3.63) is 147 Å². The molecule has 16 heteroatoms. The number of aliphatic imine (C=N–C) groups is 2. The van der Waals surface area contributed by atoms with Crippen LogP contribution in [0.3, 0.4) is 0 Å². The molecule has 0 radical (unpaired) electrons. The predicted octanol–water partition coefficient (Wildman–Crippen LogP) is 14.8. The molecule has 4 aromatic carbocycles. The van der Waals surface area contributed by atoms with Crippen molar-refractivity contribution in [1.82, 2.24) is 39.9 Å². The molecule has 450 valence electrons. The summed E-state index contributed by atoms with van der Waals surface area (Å²) in [5.74, 6) is 2.32. The largest absolute Gasteiger partial charge is 0.359 e. The standard InChI is InChI=1S/C38H45N7O.C32H39N5O.I2/c1-26-20-27(2)22-30(21-26)35-34(32-23-31(9-10-33(32)43-35)38(3,4)36(46)44-17-5-6-18-44)29-8-7-19-45(24-29)37(42-25-39)41-16-13-28-11-14-40-15-12-28;1-21-15-22(2)17-25(16-21)30-29(24-9-8-14-37(19-24)23(3)34-20-33)27-18-26(10-11-28(27)35-30)32(4,5)31(38)36-12-6-7-13-36;1-2/h9-12,14-15,20-23,29,43H,5-8,13,16-19,24H2,1-4H3,(H,41,42);10-11,15-18,24,35H,6-9,12-14,19H2,1-5H3;. The highest BCUT2D eigenvalue weighted by Crippen LogP contribution is 2.44. The maximum absolute atomic E-state index is 13.7. The summed E-state index contributed by atoms with van der Waals surface area (Å²) in [7, 11) is 0. The summed E-state index contributed by atoms with van der Waals surface area (Å²) in [6, 6.07) is 30.5. The molecule has 4 aliphatic rings. The van der Waals surface area contributed by atoms with E-state index in [4.69, 9.17) is 10.3 Å². The summed E-state index contributed by atoms with van der Waals surface area (Å²) in [4.78, 5) is 56.3. The van der Waals surface area contributed by atoms with Crippen molar-refractivity contribution in [1.29, 1.82) is 10.5 Å². The maximum Gasteiger partial charge on any atom is 0.232 e. The van der Waals surface area contributed by atoms with E-state index in [1.54, 1.807) is 12.4 Å². The number of aromatic amines is 2. The molecule has 0 bridgehead atoms. The quantitative estimate of drug-likeness (QED) is 0.0377. The highest BCUT2D eigenvalue weighted by atomic mass is 128. The van der Waals surface area contributed by atoms with Crippen LogP contribution in [-0.4, -0.2) is 117 Å². The third kappa shape index (κ3) is 14.3. The number of aromatic nitrogens is 3. The zero-order valence-corrected chi connectivity index (χ0v) is 56.0. The average Bonchev–Trinajstić information content (AvgIpc) is 3.34. The molecule has 3 aromatic heterocycles. The first-order chi connectivity index (χ1) is 41.4. The van der Waals surface area contributed by atoms with Gasteiger partial charge in [0.25, 0.3) is 0 Å². The summed E-state index contributed by atoms with van der Waals surface area (Å²) < 4.78 is 0. The fraction of sp³-hybridized carbons (Fsp3) is 0.443. The number of pyridine rings is 1. The first kappa shape index (κ1) is 63.7. The van der Waals surface area contributed by atoms with E-state index < -0.39 is 10.8 Å². The van der Waals surface area contributed by atoms with Crippen LogP contribution in [0.4, 0.5) is 0 Å². The second kappa shape index (κ2) is 28.4. The molecule has 2 atom stereocenters. The second-order valence-electron chi connectivity index (χ2n) is 25.2. The zero-order chi connectivity index (χ0) is 61.3. The summed E-state index contributed by atoms with van der Waals surface area (Å²) in [6.45, 7) is 26.1. The van der Waals surface area contributed by atoms with E-state index in [0.717, 1.165) is 150 Å². The number of carbonyl (C=O) groups excluding carboxylic acids is 2. The van der Waals surface area contributed by atoms with Gasteiger partial charge in [-0.15, -0.1) is 0 Å². The lowest BCUT2D eigenvalue weighted by Gasteiger charge is -2.35. The Morgan fingerprint density at radius 3 is 1.49 bits per heavy atom. The van der Waals surface area contributed by atoms with Crippen molar-refractivity contribution in [2.24, 2.45) is 9.98 Å². The molecule has 0 saturated carbocycles. The number of fused-ring (bicyclic) bond motifs is 2. The SMILES string of the molecule is CC(=NC#N)N1CCCC(c2c(-c3cc(C)cc(C)c3)[nH]c3ccc(C(C)(C)C(=O)N4CCCC4)cc23)C1.Cc1cc(C)cc(-c2[nH]c3ccc(C(C)(C)C(=O)N4CCCC4)cc3c2C2CCCN(C(=NCCc3ccncc3)NC#N)C2)c1.II. The third-order valence-corrected chi connectivity index (χ3v) is 18.2. The van der Waals surface area contributed by atoms with Gasteiger partial charge in [0, 0.05) is 142 Å². The molecule has 3 N–H and O–H groups in total. The van der Waals surface area contributed by atoms with Gasteiger partial charge < -0.3 is 29.6 Å². The minimum absolute atomic E-state index is 0.204. The number of benzene rings is 4.